The molecule has 2 N–H and O–H groups in total. The molecule has 1 unspecified atom stereocenters. The van der Waals surface area contributed by atoms with E-state index in [0.29, 0.717) is 6.54 Å². The van der Waals surface area contributed by atoms with Gasteiger partial charge in [0, 0.05) is 45.8 Å². The molecular weight excluding hydrogens is 406 g/mol. The zero-order chi connectivity index (χ0) is 22.8. The van der Waals surface area contributed by atoms with Gasteiger partial charge in [0.1, 0.15) is 5.75 Å². The van der Waals surface area contributed by atoms with Gasteiger partial charge in [0.15, 0.2) is 5.96 Å². The Kier molecular flexibility index (Phi) is 9.62. The minimum Gasteiger partial charge on any atom is -0.497 e. The third-order valence-corrected chi connectivity index (χ3v) is 6.22. The fraction of sp³-hybridized carbons (Fsp3) is 0.667. The number of rotatable bonds is 7. The van der Waals surface area contributed by atoms with Crippen LogP contribution in [0.25, 0.3) is 0 Å². The van der Waals surface area contributed by atoms with Crippen molar-refractivity contribution in [3.05, 3.63) is 29.8 Å². The number of nitrogens with zero attached hydrogens (tertiary/aromatic N) is 4. The molecule has 0 aliphatic carbocycles. The number of aliphatic imine (C=N–C) groups is 1. The maximum Gasteiger partial charge on any atom is 0.236 e. The van der Waals surface area contributed by atoms with Gasteiger partial charge in [0.05, 0.1) is 26.3 Å². The van der Waals surface area contributed by atoms with E-state index >= 15 is 0 Å². The smallest absolute Gasteiger partial charge is 0.236 e. The summed E-state index contributed by atoms with van der Waals surface area (Å²) in [6, 6.07) is 7.46. The lowest BCUT2D eigenvalue weighted by molar-refractivity contribution is -0.132. The van der Waals surface area contributed by atoms with Crippen LogP contribution in [0.4, 0.5) is 0 Å². The van der Waals surface area contributed by atoms with Crippen molar-refractivity contribution in [2.24, 2.45) is 4.99 Å². The molecule has 3 rings (SSSR count). The molecule has 0 bridgehead atoms. The molecule has 0 aromatic heterocycles. The molecule has 8 nitrogen and oxygen atoms in total. The van der Waals surface area contributed by atoms with Crippen molar-refractivity contribution in [2.45, 2.75) is 38.7 Å². The summed E-state index contributed by atoms with van der Waals surface area (Å²) in [5.41, 5.74) is 0.792. The van der Waals surface area contributed by atoms with Crippen LogP contribution in [0.1, 0.15) is 44.3 Å². The van der Waals surface area contributed by atoms with E-state index in [-0.39, 0.29) is 12.5 Å². The Morgan fingerprint density at radius 3 is 2.47 bits per heavy atom. The van der Waals surface area contributed by atoms with Gasteiger partial charge in [0.25, 0.3) is 0 Å². The number of nitrogens with one attached hydrogen (secondary N) is 1. The number of hydrogen-bond donors (Lipinski definition) is 2. The number of aliphatic hydroxyl groups is 1. The first-order valence-corrected chi connectivity index (χ1v) is 12.0. The normalized spacial score (nSPS) is 19.4. The number of aliphatic hydroxyl groups excluding tert-OH is 1. The Hall–Kier alpha value is -2.32. The molecule has 2 aliphatic heterocycles. The maximum atomic E-state index is 12.7. The standard InChI is InChI=1S/C24H39N5O3/c1-3-25-24(26-18-22(30)20-9-8-10-21(17-20)32-2)29-15-13-27(14-16-29)19-23(31)28-11-6-4-5-7-12-28/h8-10,17,22,30H,3-7,11-16,18-19H2,1-2H3,(H,25,26). The molecule has 2 aliphatic rings. The Morgan fingerprint density at radius 2 is 1.81 bits per heavy atom. The summed E-state index contributed by atoms with van der Waals surface area (Å²) in [5, 5.41) is 13.9. The number of carbonyl (C=O) groups is 1. The second-order valence-corrected chi connectivity index (χ2v) is 8.55. The molecule has 2 fully saturated rings. The van der Waals surface area contributed by atoms with Gasteiger partial charge in [-0.25, -0.2) is 0 Å². The summed E-state index contributed by atoms with van der Waals surface area (Å²) in [4.78, 5) is 23.9. The molecule has 1 aromatic rings. The van der Waals surface area contributed by atoms with E-state index in [1.807, 2.05) is 36.1 Å². The molecular formula is C24H39N5O3. The Balaban J connectivity index is 1.51. The summed E-state index contributed by atoms with van der Waals surface area (Å²) >= 11 is 0. The van der Waals surface area contributed by atoms with Crippen LogP contribution in [0.5, 0.6) is 5.75 Å². The van der Waals surface area contributed by atoms with Gasteiger partial charge < -0.3 is 25.0 Å². The molecule has 0 spiro atoms. The predicted molar refractivity (Wildman–Crippen MR) is 127 cm³/mol. The average molecular weight is 446 g/mol. The van der Waals surface area contributed by atoms with E-state index in [4.69, 9.17) is 4.74 Å². The van der Waals surface area contributed by atoms with Crippen molar-refractivity contribution in [3.8, 4) is 5.75 Å². The number of piperazine rings is 1. The zero-order valence-electron chi connectivity index (χ0n) is 19.6. The van der Waals surface area contributed by atoms with E-state index in [0.717, 1.165) is 75.9 Å². The molecule has 32 heavy (non-hydrogen) atoms. The molecule has 178 valence electrons. The highest BCUT2D eigenvalue weighted by molar-refractivity contribution is 5.80. The highest BCUT2D eigenvalue weighted by Gasteiger charge is 2.24. The molecule has 1 aromatic carbocycles. The highest BCUT2D eigenvalue weighted by Crippen LogP contribution is 2.19. The van der Waals surface area contributed by atoms with Crippen molar-refractivity contribution in [2.75, 3.05) is 66.0 Å². The van der Waals surface area contributed by atoms with Gasteiger partial charge >= 0.3 is 0 Å². The molecule has 1 amide bonds. The van der Waals surface area contributed by atoms with Crippen LogP contribution in [-0.4, -0.2) is 97.7 Å². The van der Waals surface area contributed by atoms with Crippen LogP contribution in [0.15, 0.2) is 29.3 Å². The SMILES string of the molecule is CCNC(=NCC(O)c1cccc(OC)c1)N1CCN(CC(=O)N2CCCCCC2)CC1. The predicted octanol–water partition coefficient (Wildman–Crippen LogP) is 1.71. The molecule has 0 saturated carbocycles. The minimum atomic E-state index is -0.689. The van der Waals surface area contributed by atoms with Crippen molar-refractivity contribution in [3.63, 3.8) is 0 Å². The second-order valence-electron chi connectivity index (χ2n) is 8.55. The number of likely N-dealkylation sites (tertiary alicyclic amines) is 1. The van der Waals surface area contributed by atoms with Gasteiger partial charge in [-0.05, 0) is 37.5 Å². The monoisotopic (exact) mass is 445 g/mol. The second kappa shape index (κ2) is 12.6. The molecule has 8 heteroatoms. The van der Waals surface area contributed by atoms with Gasteiger partial charge in [0.2, 0.25) is 5.91 Å². The molecule has 2 heterocycles. The van der Waals surface area contributed by atoms with Gasteiger partial charge in [-0.15, -0.1) is 0 Å². The van der Waals surface area contributed by atoms with Crippen LogP contribution in [-0.2, 0) is 4.79 Å². The van der Waals surface area contributed by atoms with Crippen LogP contribution in [0.3, 0.4) is 0 Å². The largest absolute Gasteiger partial charge is 0.497 e. The van der Waals surface area contributed by atoms with Crippen molar-refractivity contribution in [1.82, 2.24) is 20.0 Å². The first kappa shape index (κ1) is 24.3. The number of hydrogen-bond acceptors (Lipinski definition) is 5. The number of carbonyl (C=O) groups excluding carboxylic acids is 1. The third kappa shape index (κ3) is 7.10. The summed E-state index contributed by atoms with van der Waals surface area (Å²) in [5.74, 6) is 1.80. The van der Waals surface area contributed by atoms with Crippen molar-refractivity contribution < 1.29 is 14.6 Å². The van der Waals surface area contributed by atoms with Crippen LogP contribution in [0.2, 0.25) is 0 Å². The Labute approximate surface area is 192 Å². The van der Waals surface area contributed by atoms with E-state index in [1.165, 1.54) is 12.8 Å². The Bertz CT molecular complexity index is 741. The lowest BCUT2D eigenvalue weighted by Gasteiger charge is -2.37. The van der Waals surface area contributed by atoms with Crippen LogP contribution < -0.4 is 10.1 Å². The first-order chi connectivity index (χ1) is 15.6. The third-order valence-electron chi connectivity index (χ3n) is 6.22. The summed E-state index contributed by atoms with van der Waals surface area (Å²) in [7, 11) is 1.62. The number of guanidine groups is 1. The number of ether oxygens (including phenoxy) is 1. The van der Waals surface area contributed by atoms with Crippen molar-refractivity contribution >= 4 is 11.9 Å². The van der Waals surface area contributed by atoms with Crippen LogP contribution >= 0.6 is 0 Å². The quantitative estimate of drug-likeness (QED) is 0.491. The van der Waals surface area contributed by atoms with E-state index in [1.54, 1.807) is 7.11 Å². The molecule has 1 atom stereocenters. The van der Waals surface area contributed by atoms with Gasteiger partial charge in [-0.2, -0.15) is 0 Å². The lowest BCUT2D eigenvalue weighted by Crippen LogP contribution is -2.54. The fourth-order valence-corrected chi connectivity index (χ4v) is 4.28. The van der Waals surface area contributed by atoms with E-state index in [2.05, 4.69) is 20.1 Å². The maximum absolute atomic E-state index is 12.7. The van der Waals surface area contributed by atoms with Gasteiger partial charge in [-0.1, -0.05) is 25.0 Å². The lowest BCUT2D eigenvalue weighted by atomic mass is 10.1. The summed E-state index contributed by atoms with van der Waals surface area (Å²) in [6.45, 7) is 8.72. The first-order valence-electron chi connectivity index (χ1n) is 12.0. The highest BCUT2D eigenvalue weighted by atomic mass is 16.5. The van der Waals surface area contributed by atoms with E-state index in [9.17, 15) is 9.90 Å². The van der Waals surface area contributed by atoms with E-state index < -0.39 is 6.10 Å². The van der Waals surface area contributed by atoms with Gasteiger partial charge in [-0.3, -0.25) is 14.7 Å². The number of methoxy groups -OCH3 is 1. The number of amides is 1. The topological polar surface area (TPSA) is 80.6 Å². The number of benzene rings is 1. The summed E-state index contributed by atoms with van der Waals surface area (Å²) < 4.78 is 5.25. The minimum absolute atomic E-state index is 0.266. The fourth-order valence-electron chi connectivity index (χ4n) is 4.28. The van der Waals surface area contributed by atoms with Crippen LogP contribution in [0, 0.1) is 0 Å². The molecule has 0 radical (unpaired) electrons. The Morgan fingerprint density at radius 1 is 1.09 bits per heavy atom. The zero-order valence-corrected chi connectivity index (χ0v) is 19.6. The average Bonchev–Trinajstić information content (AvgIpc) is 3.12. The summed E-state index contributed by atoms with van der Waals surface area (Å²) in [6.07, 6.45) is 4.04. The van der Waals surface area contributed by atoms with Crippen molar-refractivity contribution in [1.29, 1.82) is 0 Å². The molecule has 2 saturated heterocycles.